The number of alkyl halides is 3. The maximum absolute atomic E-state index is 14.5. The number of hydrogen-bond acceptors (Lipinski definition) is 12. The molecule has 0 radical (unpaired) electrons. The van der Waals surface area contributed by atoms with Crippen LogP contribution in [0.4, 0.5) is 18.0 Å². The lowest BCUT2D eigenvalue weighted by molar-refractivity contribution is -0.144. The number of rotatable bonds is 14. The number of ether oxygens (including phenoxy) is 2. The van der Waals surface area contributed by atoms with Crippen molar-refractivity contribution in [2.75, 3.05) is 20.3 Å². The fraction of sp³-hybridized carbons (Fsp3) is 0.528. The van der Waals surface area contributed by atoms with Crippen molar-refractivity contribution >= 4 is 45.2 Å². The Labute approximate surface area is 330 Å². The van der Waals surface area contributed by atoms with Crippen molar-refractivity contribution in [1.82, 2.24) is 40.2 Å². The van der Waals surface area contributed by atoms with Gasteiger partial charge in [0.25, 0.3) is 5.91 Å². The molecule has 308 valence electrons. The molecule has 21 heteroatoms. The second-order valence-corrected chi connectivity index (χ2v) is 18.2. The van der Waals surface area contributed by atoms with Crippen molar-refractivity contribution in [2.45, 2.75) is 88.0 Å². The van der Waals surface area contributed by atoms with Crippen LogP contribution in [0.5, 0.6) is 5.75 Å². The third-order valence-electron chi connectivity index (χ3n) is 10.1. The Kier molecular flexibility index (Phi) is 11.5. The van der Waals surface area contributed by atoms with Crippen LogP contribution in [-0.2, 0) is 29.1 Å². The highest BCUT2D eigenvalue weighted by molar-refractivity contribution is 7.91. The van der Waals surface area contributed by atoms with E-state index < -0.39 is 93.3 Å². The Morgan fingerprint density at radius 2 is 1.79 bits per heavy atom. The number of aromatic nitrogens is 4. The number of hydrogen-bond donors (Lipinski definition) is 3. The summed E-state index contributed by atoms with van der Waals surface area (Å²) in [5.41, 5.74) is -1.16. The normalized spacial score (nSPS) is 22.6. The standard InChI is InChI=1S/C36H43F3N8O8S2/c1-6-21-18-35(21,32(50)45-57(52,53)24-11-12-24)42-29(48)25-17-22(19-46(25)31(49)28(34(2,3)4)41-33(51)55-15-13-36(37,38)39)47-43-26(20-7-9-23(54-5)10-8-20)27(44-47)30-40-14-16-56-30/h6-10,14,16,21-22,24-25,28H,1,11-13,15,17-19H2,2-5H3,(H,41,51)(H,42,48)(H,45,50)/t21-,22-,25+,28+,35+/m1/s1. The van der Waals surface area contributed by atoms with Gasteiger partial charge in [0, 0.05) is 36.0 Å². The lowest BCUT2D eigenvalue weighted by Crippen LogP contribution is -2.60. The first kappa shape index (κ1) is 41.6. The molecule has 3 heterocycles. The summed E-state index contributed by atoms with van der Waals surface area (Å²) in [6, 6.07) is 3.60. The number of amides is 4. The first-order chi connectivity index (χ1) is 26.8. The molecule has 0 spiro atoms. The number of alkyl carbamates (subject to hydrolysis) is 1. The molecule has 4 amide bonds. The number of likely N-dealkylation sites (tertiary alicyclic amines) is 1. The largest absolute Gasteiger partial charge is 0.497 e. The molecule has 5 atom stereocenters. The van der Waals surface area contributed by atoms with Crippen molar-refractivity contribution < 1.29 is 50.2 Å². The van der Waals surface area contributed by atoms with E-state index in [2.05, 4.69) is 26.9 Å². The molecule has 1 aliphatic heterocycles. The number of nitrogens with zero attached hydrogens (tertiary/aromatic N) is 5. The zero-order chi connectivity index (χ0) is 41.5. The van der Waals surface area contributed by atoms with E-state index >= 15 is 0 Å². The van der Waals surface area contributed by atoms with E-state index in [1.807, 2.05) is 0 Å². The molecular weight excluding hydrogens is 794 g/mol. The molecule has 3 N–H and O–H groups in total. The molecule has 6 rings (SSSR count). The van der Waals surface area contributed by atoms with Gasteiger partial charge in [-0.1, -0.05) is 26.8 Å². The van der Waals surface area contributed by atoms with Crippen molar-refractivity contribution in [3.05, 3.63) is 48.5 Å². The zero-order valence-corrected chi connectivity index (χ0v) is 33.2. The van der Waals surface area contributed by atoms with Crippen LogP contribution >= 0.6 is 11.3 Å². The molecule has 3 aromatic rings. The molecular formula is C36H43F3N8O8S2. The second kappa shape index (κ2) is 15.7. The minimum Gasteiger partial charge on any atom is -0.497 e. The molecule has 3 aliphatic rings. The predicted octanol–water partition coefficient (Wildman–Crippen LogP) is 3.98. The van der Waals surface area contributed by atoms with Gasteiger partial charge in [0.05, 0.1) is 24.8 Å². The maximum Gasteiger partial charge on any atom is 0.407 e. The van der Waals surface area contributed by atoms with Gasteiger partial charge in [0.2, 0.25) is 21.8 Å². The predicted molar refractivity (Wildman–Crippen MR) is 200 cm³/mol. The van der Waals surface area contributed by atoms with Crippen molar-refractivity contribution in [3.63, 3.8) is 0 Å². The van der Waals surface area contributed by atoms with Crippen LogP contribution in [-0.4, -0.2) is 106 Å². The molecule has 2 aliphatic carbocycles. The van der Waals surface area contributed by atoms with Crippen LogP contribution in [0, 0.1) is 11.3 Å². The number of benzene rings is 1. The molecule has 2 aromatic heterocycles. The maximum atomic E-state index is 14.5. The lowest BCUT2D eigenvalue weighted by atomic mass is 9.85. The smallest absolute Gasteiger partial charge is 0.407 e. The summed E-state index contributed by atoms with van der Waals surface area (Å²) in [5.74, 6) is -2.50. The number of nitrogens with one attached hydrogen (secondary N) is 3. The van der Waals surface area contributed by atoms with E-state index in [0.717, 1.165) is 0 Å². The van der Waals surface area contributed by atoms with Crippen LogP contribution < -0.4 is 20.1 Å². The number of thiazole rings is 1. The summed E-state index contributed by atoms with van der Waals surface area (Å²) in [5, 5.41) is 16.3. The van der Waals surface area contributed by atoms with Crippen LogP contribution in [0.25, 0.3) is 22.0 Å². The molecule has 57 heavy (non-hydrogen) atoms. The van der Waals surface area contributed by atoms with E-state index in [4.69, 9.17) is 19.7 Å². The first-order valence-electron chi connectivity index (χ1n) is 18.1. The highest BCUT2D eigenvalue weighted by atomic mass is 32.2. The highest BCUT2D eigenvalue weighted by Gasteiger charge is 2.62. The molecule has 0 bridgehead atoms. The van der Waals surface area contributed by atoms with Crippen LogP contribution in [0.15, 0.2) is 48.5 Å². The quantitative estimate of drug-likeness (QED) is 0.198. The van der Waals surface area contributed by atoms with Gasteiger partial charge in [0.1, 0.15) is 46.4 Å². The Morgan fingerprint density at radius 3 is 2.35 bits per heavy atom. The Bertz CT molecular complexity index is 2120. The second-order valence-electron chi connectivity index (χ2n) is 15.3. The average molecular weight is 837 g/mol. The van der Waals surface area contributed by atoms with E-state index in [9.17, 15) is 40.8 Å². The summed E-state index contributed by atoms with van der Waals surface area (Å²) in [6.07, 6.45) is -3.44. The summed E-state index contributed by atoms with van der Waals surface area (Å²) < 4.78 is 75.9. The SMILES string of the molecule is C=C[C@@H]1C[C@@]1(NC(=O)[C@@H]1C[C@@H](n2nc(-c3ccc(OC)cc3)c(-c3nccs3)n2)CN1C(=O)[C@H](NC(=O)OCCC(F)(F)F)C(C)(C)C)C(=O)NS(=O)(=O)C1CC1. The minimum absolute atomic E-state index is 0.0530. The van der Waals surface area contributed by atoms with Crippen LogP contribution in [0.3, 0.4) is 0 Å². The highest BCUT2D eigenvalue weighted by Crippen LogP contribution is 2.46. The van der Waals surface area contributed by atoms with Gasteiger partial charge in [-0.05, 0) is 48.9 Å². The molecule has 3 fully saturated rings. The summed E-state index contributed by atoms with van der Waals surface area (Å²) in [7, 11) is -2.45. The van der Waals surface area contributed by atoms with Gasteiger partial charge in [-0.25, -0.2) is 18.2 Å². The number of carbonyl (C=O) groups excluding carboxylic acids is 4. The Morgan fingerprint density at radius 1 is 1.11 bits per heavy atom. The molecule has 0 unspecified atom stereocenters. The topological polar surface area (TPSA) is 204 Å². The van der Waals surface area contributed by atoms with Crippen molar-refractivity contribution in [2.24, 2.45) is 11.3 Å². The van der Waals surface area contributed by atoms with Crippen LogP contribution in [0.2, 0.25) is 0 Å². The van der Waals surface area contributed by atoms with Gasteiger partial charge < -0.3 is 25.0 Å². The molecule has 1 saturated heterocycles. The van der Waals surface area contributed by atoms with Gasteiger partial charge in [-0.3, -0.25) is 19.1 Å². The Balaban J connectivity index is 1.33. The molecule has 16 nitrogen and oxygen atoms in total. The summed E-state index contributed by atoms with van der Waals surface area (Å²) in [6.45, 7) is 7.42. The number of carbonyl (C=O) groups is 4. The monoisotopic (exact) mass is 836 g/mol. The van der Waals surface area contributed by atoms with E-state index in [-0.39, 0.29) is 19.4 Å². The van der Waals surface area contributed by atoms with Gasteiger partial charge in [0.15, 0.2) is 0 Å². The van der Waals surface area contributed by atoms with E-state index in [1.54, 1.807) is 56.6 Å². The summed E-state index contributed by atoms with van der Waals surface area (Å²) >= 11 is 1.32. The van der Waals surface area contributed by atoms with Crippen molar-refractivity contribution in [1.29, 1.82) is 0 Å². The minimum atomic E-state index is -4.58. The van der Waals surface area contributed by atoms with E-state index in [1.165, 1.54) is 34.2 Å². The number of methoxy groups -OCH3 is 1. The fourth-order valence-electron chi connectivity index (χ4n) is 6.64. The first-order valence-corrected chi connectivity index (χ1v) is 20.5. The number of sulfonamides is 1. The van der Waals surface area contributed by atoms with Gasteiger partial charge in [-0.2, -0.15) is 23.1 Å². The molecule has 1 aromatic carbocycles. The lowest BCUT2D eigenvalue weighted by Gasteiger charge is -2.35. The van der Waals surface area contributed by atoms with Gasteiger partial charge >= 0.3 is 12.3 Å². The molecule has 2 saturated carbocycles. The van der Waals surface area contributed by atoms with Crippen LogP contribution in [0.1, 0.15) is 58.9 Å². The third-order valence-corrected chi connectivity index (χ3v) is 12.7. The average Bonchev–Trinajstić information content (AvgIpc) is 3.91. The fourth-order valence-corrected chi connectivity index (χ4v) is 8.62. The van der Waals surface area contributed by atoms with Gasteiger partial charge in [-0.15, -0.1) is 23.0 Å². The van der Waals surface area contributed by atoms with Crippen molar-refractivity contribution in [3.8, 4) is 27.7 Å². The summed E-state index contributed by atoms with van der Waals surface area (Å²) in [4.78, 5) is 62.2. The zero-order valence-electron chi connectivity index (χ0n) is 31.5. The Hall–Kier alpha value is -5.05. The third kappa shape index (κ3) is 9.24. The van der Waals surface area contributed by atoms with E-state index in [0.29, 0.717) is 40.6 Å². The number of halogens is 3.